The van der Waals surface area contributed by atoms with Crippen molar-refractivity contribution in [2.24, 2.45) is 28.3 Å². The maximum absolute atomic E-state index is 14.9. The molecule has 10 atom stereocenters. The van der Waals surface area contributed by atoms with Crippen molar-refractivity contribution >= 4 is 69.4 Å². The van der Waals surface area contributed by atoms with Gasteiger partial charge in [-0.05, 0) is 62.1 Å². The molecule has 66 heavy (non-hydrogen) atoms. The second-order valence-electron chi connectivity index (χ2n) is 16.4. The molecule has 1 aromatic rings. The zero-order valence-corrected chi connectivity index (χ0v) is 39.3. The third-order valence-corrected chi connectivity index (χ3v) is 12.0. The number of aliphatic hydroxyl groups is 2. The van der Waals surface area contributed by atoms with Crippen LogP contribution in [0, 0.1) is 11.8 Å². The topological polar surface area (TPSA) is 361 Å². The molecule has 26 heteroatoms. The molecule has 24 nitrogen and oxygen atoms in total. The molecule has 6 amide bonds. The van der Waals surface area contributed by atoms with Crippen LogP contribution in [0.4, 0.5) is 0 Å². The van der Waals surface area contributed by atoms with Crippen LogP contribution in [0.5, 0.6) is 5.75 Å². The number of ether oxygens (including phenoxy) is 2. The highest BCUT2D eigenvalue weighted by Gasteiger charge is 2.47. The fourth-order valence-electron chi connectivity index (χ4n) is 7.30. The predicted molar refractivity (Wildman–Crippen MR) is 235 cm³/mol. The molecule has 10 unspecified atom stereocenters. The standard InChI is InChI=1S/C40H62ClN9O15S/c1-8-20(4)32-38(58)49(6)26(17-22-11-13-28(63-7)23(41)16-22)34(54)47-30(19(2)3)39(59)65-21(5)31(48-35(55)27(51)18-64-66(60,61)62)36(56)45-24(10-9-15-44-40(42)43)33(53)46-25-12-14-29(52)50(32)37(25)57/h11,13,16,19-21,24-27,29-32,51-52H,8-10,12,14-15,17-18H2,1-7H3,(H,45,56)(H,46,53)(H,47,54)(H,48,55)(H4,42,43,44)(H,60,61,62). The lowest BCUT2D eigenvalue weighted by Gasteiger charge is -2.44. The highest BCUT2D eigenvalue weighted by atomic mass is 35.5. The number of amides is 6. The van der Waals surface area contributed by atoms with Crippen LogP contribution in [0.25, 0.3) is 0 Å². The van der Waals surface area contributed by atoms with Crippen LogP contribution in [-0.4, -0.2) is 162 Å². The summed E-state index contributed by atoms with van der Waals surface area (Å²) in [4.78, 5) is 105. The Morgan fingerprint density at radius 2 is 1.71 bits per heavy atom. The lowest BCUT2D eigenvalue weighted by Crippen LogP contribution is -2.66. The number of nitrogens with zero attached hydrogens (tertiary/aromatic N) is 3. The number of cyclic esters (lactones) is 1. The van der Waals surface area contributed by atoms with Crippen molar-refractivity contribution in [2.45, 2.75) is 128 Å². The number of hydrogen-bond acceptors (Lipinski definition) is 15. The van der Waals surface area contributed by atoms with E-state index < -0.39 is 125 Å². The molecule has 0 spiro atoms. The van der Waals surface area contributed by atoms with Crippen molar-refractivity contribution in [1.29, 1.82) is 0 Å². The number of methoxy groups -OCH3 is 1. The van der Waals surface area contributed by atoms with Crippen molar-refractivity contribution in [2.75, 3.05) is 27.3 Å². The number of aliphatic hydroxyl groups excluding tert-OH is 2. The Hall–Kier alpha value is -5.34. The molecule has 0 saturated carbocycles. The monoisotopic (exact) mass is 975 g/mol. The molecular formula is C40H62ClN9O15S. The lowest BCUT2D eigenvalue weighted by atomic mass is 9.91. The van der Waals surface area contributed by atoms with Crippen molar-refractivity contribution < 1.29 is 70.4 Å². The number of carbonyl (C=O) groups is 7. The van der Waals surface area contributed by atoms with E-state index in [1.807, 2.05) is 0 Å². The Morgan fingerprint density at radius 1 is 1.05 bits per heavy atom. The maximum atomic E-state index is 14.9. The van der Waals surface area contributed by atoms with Gasteiger partial charge < -0.3 is 62.2 Å². The molecule has 2 bridgehead atoms. The molecule has 2 aliphatic heterocycles. The first kappa shape index (κ1) is 55.0. The Morgan fingerprint density at radius 3 is 2.29 bits per heavy atom. The first-order valence-corrected chi connectivity index (χ1v) is 22.9. The van der Waals surface area contributed by atoms with Gasteiger partial charge in [-0.25, -0.2) is 8.98 Å². The number of rotatable bonds is 15. The lowest BCUT2D eigenvalue weighted by molar-refractivity contribution is -0.168. The minimum absolute atomic E-state index is 0.0283. The molecule has 2 aliphatic rings. The Bertz CT molecular complexity index is 2080. The number of benzene rings is 1. The van der Waals surface area contributed by atoms with Crippen molar-refractivity contribution in [3.63, 3.8) is 0 Å². The van der Waals surface area contributed by atoms with Gasteiger partial charge in [0.05, 0.1) is 12.1 Å². The average molecular weight is 977 g/mol. The molecule has 0 radical (unpaired) electrons. The fraction of sp³-hybridized carbons (Fsp3) is 0.650. The summed E-state index contributed by atoms with van der Waals surface area (Å²) in [6, 6.07) is -4.46. The SMILES string of the molecule is CCC(C)C1C(=O)N(C)C(Cc2ccc(OC)c(Cl)c2)C(=O)NC(C(C)C)C(=O)OC(C)C(NC(=O)C(O)COS(=O)(=O)O)C(=O)NC(CCCN=C(N)N)C(=O)NC2CCC(O)N1C2=O. The minimum atomic E-state index is -5.13. The summed E-state index contributed by atoms with van der Waals surface area (Å²) in [5.74, 6) is -8.49. The van der Waals surface area contributed by atoms with Gasteiger partial charge in [-0.2, -0.15) is 8.42 Å². The zero-order chi connectivity index (χ0) is 49.8. The van der Waals surface area contributed by atoms with Gasteiger partial charge in [-0.15, -0.1) is 0 Å². The number of hydrogen-bond donors (Lipinski definition) is 9. The average Bonchev–Trinajstić information content (AvgIpc) is 3.24. The van der Waals surface area contributed by atoms with E-state index in [1.165, 1.54) is 20.2 Å². The molecule has 2 heterocycles. The molecular weight excluding hydrogens is 914 g/mol. The van der Waals surface area contributed by atoms with E-state index in [1.54, 1.807) is 39.8 Å². The van der Waals surface area contributed by atoms with Crippen LogP contribution in [0.3, 0.4) is 0 Å². The largest absolute Gasteiger partial charge is 0.495 e. The van der Waals surface area contributed by atoms with Crippen LogP contribution in [0.1, 0.15) is 72.3 Å². The molecule has 2 saturated heterocycles. The summed E-state index contributed by atoms with van der Waals surface area (Å²) in [5.41, 5.74) is 11.4. The van der Waals surface area contributed by atoms with Gasteiger partial charge in [-0.1, -0.05) is 51.8 Å². The van der Waals surface area contributed by atoms with Gasteiger partial charge in [0.15, 0.2) is 12.1 Å². The molecule has 370 valence electrons. The predicted octanol–water partition coefficient (Wildman–Crippen LogP) is -2.15. The van der Waals surface area contributed by atoms with Gasteiger partial charge in [0, 0.05) is 20.0 Å². The van der Waals surface area contributed by atoms with E-state index in [-0.39, 0.29) is 49.6 Å². The second-order valence-corrected chi connectivity index (χ2v) is 17.9. The smallest absolute Gasteiger partial charge is 0.397 e. The molecule has 2 fully saturated rings. The van der Waals surface area contributed by atoms with Gasteiger partial charge >= 0.3 is 16.4 Å². The summed E-state index contributed by atoms with van der Waals surface area (Å²) in [5, 5.41) is 31.8. The molecule has 0 aromatic heterocycles. The summed E-state index contributed by atoms with van der Waals surface area (Å²) >= 11 is 6.44. The van der Waals surface area contributed by atoms with E-state index in [0.29, 0.717) is 17.7 Å². The Labute approximate surface area is 387 Å². The van der Waals surface area contributed by atoms with Gasteiger partial charge in [-0.3, -0.25) is 38.3 Å². The Balaban J connectivity index is 2.25. The van der Waals surface area contributed by atoms with Gasteiger partial charge in [0.25, 0.3) is 5.91 Å². The number of nitrogens with one attached hydrogen (secondary N) is 4. The van der Waals surface area contributed by atoms with Crippen LogP contribution >= 0.6 is 11.6 Å². The number of piperidine rings is 1. The Kier molecular flexibility index (Phi) is 20.4. The van der Waals surface area contributed by atoms with E-state index in [9.17, 15) is 52.2 Å². The quantitative estimate of drug-likeness (QED) is 0.0297. The number of nitrogens with two attached hydrogens (primary N) is 2. The molecule has 11 N–H and O–H groups in total. The minimum Gasteiger partial charge on any atom is -0.495 e. The van der Waals surface area contributed by atoms with Crippen molar-refractivity contribution in [1.82, 2.24) is 31.1 Å². The highest BCUT2D eigenvalue weighted by molar-refractivity contribution is 7.80. The van der Waals surface area contributed by atoms with Crippen LogP contribution in [0.15, 0.2) is 23.2 Å². The number of carbonyl (C=O) groups excluding carboxylic acids is 7. The molecule has 1 aromatic carbocycles. The summed E-state index contributed by atoms with van der Waals surface area (Å²) in [7, 11) is -2.40. The number of esters is 1. The summed E-state index contributed by atoms with van der Waals surface area (Å²) < 4.78 is 46.3. The number of likely N-dealkylation sites (N-methyl/N-ethyl adjacent to an activating group) is 1. The molecule has 0 aliphatic carbocycles. The van der Waals surface area contributed by atoms with Crippen LogP contribution < -0.4 is 37.5 Å². The first-order chi connectivity index (χ1) is 30.8. The maximum Gasteiger partial charge on any atom is 0.397 e. The van der Waals surface area contributed by atoms with E-state index in [0.717, 1.165) is 16.7 Å². The third-order valence-electron chi connectivity index (χ3n) is 11.2. The third kappa shape index (κ3) is 15.1. The van der Waals surface area contributed by atoms with Crippen molar-refractivity contribution in [3.8, 4) is 5.75 Å². The number of halogens is 1. The normalized spacial score (nSPS) is 26.1. The van der Waals surface area contributed by atoms with E-state index in [4.69, 9.17) is 37.1 Å². The number of guanidine groups is 1. The summed E-state index contributed by atoms with van der Waals surface area (Å²) in [6.45, 7) is 6.38. The number of aliphatic imine (C=N–C) groups is 1. The van der Waals surface area contributed by atoms with Gasteiger partial charge in [0.1, 0.15) is 60.9 Å². The van der Waals surface area contributed by atoms with Crippen molar-refractivity contribution in [3.05, 3.63) is 28.8 Å². The summed E-state index contributed by atoms with van der Waals surface area (Å²) in [6.07, 6.45) is -5.74. The van der Waals surface area contributed by atoms with E-state index in [2.05, 4.69) is 30.4 Å². The zero-order valence-electron chi connectivity index (χ0n) is 37.8. The van der Waals surface area contributed by atoms with Gasteiger partial charge in [0.2, 0.25) is 29.5 Å². The molecule has 3 rings (SSSR count). The highest BCUT2D eigenvalue weighted by Crippen LogP contribution is 2.29. The van der Waals surface area contributed by atoms with E-state index >= 15 is 0 Å². The second kappa shape index (κ2) is 24.4. The van der Waals surface area contributed by atoms with Crippen LogP contribution in [0.2, 0.25) is 5.02 Å². The fourth-order valence-corrected chi connectivity index (χ4v) is 7.88. The first-order valence-electron chi connectivity index (χ1n) is 21.2. The number of fused-ring (bicyclic) bond motifs is 2. The van der Waals surface area contributed by atoms with Crippen LogP contribution in [-0.2, 0) is 59.3 Å².